The number of rotatable bonds is 7. The van der Waals surface area contributed by atoms with Crippen LogP contribution in [-0.4, -0.2) is 25.3 Å². The molecule has 74 valence electrons. The topological polar surface area (TPSA) is 35.5 Å². The predicted molar refractivity (Wildman–Crippen MR) is 51.4 cm³/mol. The number of esters is 1. The molecule has 0 aliphatic heterocycles. The first-order valence-corrected chi connectivity index (χ1v) is 4.26. The molecule has 0 fully saturated rings. The van der Waals surface area contributed by atoms with E-state index < -0.39 is 6.10 Å². The van der Waals surface area contributed by atoms with Gasteiger partial charge in [0.2, 0.25) is 0 Å². The van der Waals surface area contributed by atoms with Gasteiger partial charge in [-0.3, -0.25) is 0 Å². The van der Waals surface area contributed by atoms with Gasteiger partial charge >= 0.3 is 5.97 Å². The van der Waals surface area contributed by atoms with Crippen molar-refractivity contribution in [3.63, 3.8) is 0 Å². The first-order chi connectivity index (χ1) is 6.26. The molecule has 0 saturated carbocycles. The maximum atomic E-state index is 11.2. The molecule has 0 saturated heterocycles. The summed E-state index contributed by atoms with van der Waals surface area (Å²) in [5, 5.41) is 0. The van der Waals surface area contributed by atoms with E-state index in [9.17, 15) is 4.79 Å². The molecule has 3 nitrogen and oxygen atoms in total. The van der Waals surface area contributed by atoms with E-state index in [1.54, 1.807) is 19.1 Å². The van der Waals surface area contributed by atoms with Crippen LogP contribution in [0.4, 0.5) is 0 Å². The molecule has 0 aromatic carbocycles. The second-order valence-corrected chi connectivity index (χ2v) is 2.39. The molecule has 1 atom stereocenters. The van der Waals surface area contributed by atoms with Gasteiger partial charge in [-0.25, -0.2) is 4.79 Å². The highest BCUT2D eigenvalue weighted by Crippen LogP contribution is 2.02. The van der Waals surface area contributed by atoms with Gasteiger partial charge in [0.1, 0.15) is 0 Å². The van der Waals surface area contributed by atoms with Gasteiger partial charge in [-0.05, 0) is 6.92 Å². The standard InChI is InChI=1S/C10H16O3/c1-4-7-9(13-8-5-2)10(11)12-6-3/h4-5,9H,1-2,6-8H2,3H3. The molecular weight excluding hydrogens is 168 g/mol. The van der Waals surface area contributed by atoms with Gasteiger partial charge in [0.05, 0.1) is 13.2 Å². The Morgan fingerprint density at radius 2 is 2.15 bits per heavy atom. The van der Waals surface area contributed by atoms with E-state index >= 15 is 0 Å². The molecule has 0 heterocycles. The van der Waals surface area contributed by atoms with Crippen molar-refractivity contribution >= 4 is 5.97 Å². The SMILES string of the molecule is C=CCOC(CC=C)C(=O)OCC. The van der Waals surface area contributed by atoms with Crippen LogP contribution in [0.2, 0.25) is 0 Å². The van der Waals surface area contributed by atoms with E-state index in [0.29, 0.717) is 19.6 Å². The zero-order valence-corrected chi connectivity index (χ0v) is 7.99. The Bertz CT molecular complexity index is 175. The minimum absolute atomic E-state index is 0.343. The molecule has 0 spiro atoms. The first-order valence-electron chi connectivity index (χ1n) is 4.26. The van der Waals surface area contributed by atoms with Crippen LogP contribution >= 0.6 is 0 Å². The Morgan fingerprint density at radius 1 is 1.46 bits per heavy atom. The molecule has 0 radical (unpaired) electrons. The summed E-state index contributed by atoms with van der Waals surface area (Å²) in [5.41, 5.74) is 0. The predicted octanol–water partition coefficient (Wildman–Crippen LogP) is 1.70. The maximum Gasteiger partial charge on any atom is 0.335 e. The quantitative estimate of drug-likeness (QED) is 0.446. The third-order valence-electron chi connectivity index (χ3n) is 1.35. The molecule has 13 heavy (non-hydrogen) atoms. The Kier molecular flexibility index (Phi) is 6.92. The highest BCUT2D eigenvalue weighted by Gasteiger charge is 2.17. The maximum absolute atomic E-state index is 11.2. The van der Waals surface area contributed by atoms with Gasteiger partial charge in [0, 0.05) is 6.42 Å². The molecule has 0 aliphatic rings. The summed E-state index contributed by atoms with van der Waals surface area (Å²) in [4.78, 5) is 11.2. The molecule has 0 bridgehead atoms. The largest absolute Gasteiger partial charge is 0.464 e. The first kappa shape index (κ1) is 11.9. The number of carbonyl (C=O) groups excluding carboxylic acids is 1. The molecular formula is C10H16O3. The number of carbonyl (C=O) groups is 1. The second kappa shape index (κ2) is 7.55. The lowest BCUT2D eigenvalue weighted by Crippen LogP contribution is -2.26. The molecule has 3 heteroatoms. The minimum Gasteiger partial charge on any atom is -0.464 e. The van der Waals surface area contributed by atoms with Crippen molar-refractivity contribution in [1.82, 2.24) is 0 Å². The zero-order valence-electron chi connectivity index (χ0n) is 7.99. The Balaban J connectivity index is 3.97. The Morgan fingerprint density at radius 3 is 2.62 bits per heavy atom. The molecule has 0 aromatic heterocycles. The molecule has 0 rings (SSSR count). The van der Waals surface area contributed by atoms with Crippen molar-refractivity contribution in [2.75, 3.05) is 13.2 Å². The van der Waals surface area contributed by atoms with Crippen LogP contribution in [0.5, 0.6) is 0 Å². The van der Waals surface area contributed by atoms with E-state index in [-0.39, 0.29) is 5.97 Å². The van der Waals surface area contributed by atoms with Crippen molar-refractivity contribution < 1.29 is 14.3 Å². The van der Waals surface area contributed by atoms with Crippen molar-refractivity contribution in [2.24, 2.45) is 0 Å². The van der Waals surface area contributed by atoms with Crippen LogP contribution in [0.3, 0.4) is 0 Å². The molecule has 0 N–H and O–H groups in total. The summed E-state index contributed by atoms with van der Waals surface area (Å²) < 4.78 is 9.99. The summed E-state index contributed by atoms with van der Waals surface area (Å²) >= 11 is 0. The minimum atomic E-state index is -0.546. The van der Waals surface area contributed by atoms with E-state index in [2.05, 4.69) is 13.2 Å². The van der Waals surface area contributed by atoms with Gasteiger partial charge in [-0.2, -0.15) is 0 Å². The smallest absolute Gasteiger partial charge is 0.335 e. The van der Waals surface area contributed by atoms with Gasteiger partial charge in [0.25, 0.3) is 0 Å². The lowest BCUT2D eigenvalue weighted by molar-refractivity contribution is -0.155. The van der Waals surface area contributed by atoms with Crippen LogP contribution in [0, 0.1) is 0 Å². The molecule has 0 aromatic rings. The average Bonchev–Trinajstić information content (AvgIpc) is 2.12. The van der Waals surface area contributed by atoms with Crippen molar-refractivity contribution in [2.45, 2.75) is 19.4 Å². The normalized spacial score (nSPS) is 11.8. The monoisotopic (exact) mass is 184 g/mol. The van der Waals surface area contributed by atoms with Gasteiger partial charge < -0.3 is 9.47 Å². The van der Waals surface area contributed by atoms with Crippen LogP contribution < -0.4 is 0 Å². The van der Waals surface area contributed by atoms with E-state index in [1.807, 2.05) is 0 Å². The third kappa shape index (κ3) is 5.20. The number of hydrogen-bond donors (Lipinski definition) is 0. The van der Waals surface area contributed by atoms with Gasteiger partial charge in [-0.15, -0.1) is 13.2 Å². The van der Waals surface area contributed by atoms with Gasteiger partial charge in [0.15, 0.2) is 6.10 Å². The Labute approximate surface area is 79.0 Å². The summed E-state index contributed by atoms with van der Waals surface area (Å²) in [7, 11) is 0. The summed E-state index contributed by atoms with van der Waals surface area (Å²) in [6, 6.07) is 0. The highest BCUT2D eigenvalue weighted by molar-refractivity contribution is 5.74. The highest BCUT2D eigenvalue weighted by atomic mass is 16.6. The van der Waals surface area contributed by atoms with Crippen molar-refractivity contribution in [3.05, 3.63) is 25.3 Å². The fourth-order valence-electron chi connectivity index (χ4n) is 0.803. The van der Waals surface area contributed by atoms with Crippen molar-refractivity contribution in [3.8, 4) is 0 Å². The fraction of sp³-hybridized carbons (Fsp3) is 0.500. The van der Waals surface area contributed by atoms with E-state index in [1.165, 1.54) is 0 Å². The Hall–Kier alpha value is -1.09. The summed E-state index contributed by atoms with van der Waals surface area (Å²) in [5.74, 6) is -0.343. The summed E-state index contributed by atoms with van der Waals surface area (Å²) in [6.07, 6.45) is 3.14. The van der Waals surface area contributed by atoms with E-state index in [0.717, 1.165) is 0 Å². The van der Waals surface area contributed by atoms with Crippen LogP contribution in [0.25, 0.3) is 0 Å². The lowest BCUT2D eigenvalue weighted by Gasteiger charge is -2.13. The molecule has 0 amide bonds. The number of hydrogen-bond acceptors (Lipinski definition) is 3. The summed E-state index contributed by atoms with van der Waals surface area (Å²) in [6.45, 7) is 9.50. The lowest BCUT2D eigenvalue weighted by atomic mass is 10.2. The average molecular weight is 184 g/mol. The molecule has 0 aliphatic carbocycles. The fourth-order valence-corrected chi connectivity index (χ4v) is 0.803. The van der Waals surface area contributed by atoms with Crippen LogP contribution in [0.15, 0.2) is 25.3 Å². The number of ether oxygens (including phenoxy) is 2. The van der Waals surface area contributed by atoms with Crippen molar-refractivity contribution in [1.29, 1.82) is 0 Å². The van der Waals surface area contributed by atoms with Gasteiger partial charge in [-0.1, -0.05) is 12.2 Å². The third-order valence-corrected chi connectivity index (χ3v) is 1.35. The molecule has 1 unspecified atom stereocenters. The zero-order chi connectivity index (χ0) is 10.1. The van der Waals surface area contributed by atoms with Crippen LogP contribution in [0.1, 0.15) is 13.3 Å². The second-order valence-electron chi connectivity index (χ2n) is 2.39. The van der Waals surface area contributed by atoms with E-state index in [4.69, 9.17) is 9.47 Å². The van der Waals surface area contributed by atoms with Crippen LogP contribution in [-0.2, 0) is 14.3 Å².